The number of aryl methyl sites for hydroxylation is 1. The van der Waals surface area contributed by atoms with Crippen LogP contribution in [0.5, 0.6) is 0 Å². The van der Waals surface area contributed by atoms with Crippen LogP contribution in [0.25, 0.3) is 11.6 Å². The Morgan fingerprint density at radius 1 is 0.818 bits per heavy atom. The van der Waals surface area contributed by atoms with Crippen molar-refractivity contribution in [1.29, 1.82) is 0 Å². The monoisotopic (exact) mass is 459 g/mol. The van der Waals surface area contributed by atoms with Crippen molar-refractivity contribution in [2.45, 2.75) is 11.9 Å². The van der Waals surface area contributed by atoms with Gasteiger partial charge in [0.2, 0.25) is 0 Å². The number of thioether (sulfide) groups is 1. The minimum Gasteiger partial charge on any atom is -0.461 e. The number of para-hydroxylation sites is 1. The molecule has 4 aromatic rings. The largest absolute Gasteiger partial charge is 0.461 e. The van der Waals surface area contributed by atoms with Crippen molar-refractivity contribution in [2.24, 2.45) is 0 Å². The number of hydrogen-bond acceptors (Lipinski definition) is 6. The molecule has 2 aromatic heterocycles. The van der Waals surface area contributed by atoms with E-state index in [1.165, 1.54) is 11.8 Å². The molecule has 0 atom stereocenters. The third-order valence-corrected chi connectivity index (χ3v) is 5.33. The van der Waals surface area contributed by atoms with E-state index in [2.05, 4.69) is 25.9 Å². The first-order valence-electron chi connectivity index (χ1n) is 10.0. The molecule has 166 valence electrons. The van der Waals surface area contributed by atoms with Gasteiger partial charge >= 0.3 is 6.03 Å². The fourth-order valence-electron chi connectivity index (χ4n) is 3.12. The molecule has 3 N–H and O–H groups in total. The molecular formula is C24H21N5O3S. The van der Waals surface area contributed by atoms with Gasteiger partial charge in [0.15, 0.2) is 11.6 Å². The van der Waals surface area contributed by atoms with Crippen LogP contribution in [0.15, 0.2) is 82.4 Å². The van der Waals surface area contributed by atoms with Crippen molar-refractivity contribution >= 4 is 40.8 Å². The summed E-state index contributed by atoms with van der Waals surface area (Å²) in [5.41, 5.74) is 2.82. The average molecular weight is 460 g/mol. The van der Waals surface area contributed by atoms with Crippen molar-refractivity contribution in [3.63, 3.8) is 0 Å². The van der Waals surface area contributed by atoms with Gasteiger partial charge in [0.1, 0.15) is 5.03 Å². The van der Waals surface area contributed by atoms with E-state index in [-0.39, 0.29) is 11.9 Å². The van der Waals surface area contributed by atoms with E-state index in [1.54, 1.807) is 61.7 Å². The third kappa shape index (κ3) is 5.39. The summed E-state index contributed by atoms with van der Waals surface area (Å²) in [7, 11) is 0. The number of furan rings is 1. The number of carbonyl (C=O) groups is 2. The second-order valence-electron chi connectivity index (χ2n) is 6.97. The molecule has 0 fully saturated rings. The van der Waals surface area contributed by atoms with Crippen molar-refractivity contribution in [3.05, 3.63) is 84.3 Å². The van der Waals surface area contributed by atoms with Gasteiger partial charge in [-0.1, -0.05) is 18.2 Å². The first-order valence-corrected chi connectivity index (χ1v) is 11.3. The highest BCUT2D eigenvalue weighted by Gasteiger charge is 2.20. The maximum atomic E-state index is 13.0. The molecule has 0 spiro atoms. The first-order chi connectivity index (χ1) is 16.0. The summed E-state index contributed by atoms with van der Waals surface area (Å²) in [6.45, 7) is 1.76. The molecule has 0 saturated carbocycles. The van der Waals surface area contributed by atoms with Crippen LogP contribution in [0.4, 0.5) is 21.9 Å². The van der Waals surface area contributed by atoms with E-state index in [4.69, 9.17) is 4.42 Å². The standard InChI is InChI=1S/C24H21N5O3S/c1-15-20(23(33-2)29-21(25-15)19-9-6-14-32-19)22(30)26-17-10-12-18(13-11-17)28-24(31)27-16-7-4-3-5-8-16/h3-14H,1-2H3,(H,26,30)(H2,27,28,31). The van der Waals surface area contributed by atoms with Gasteiger partial charge in [0.25, 0.3) is 5.91 Å². The Bertz CT molecular complexity index is 1260. The van der Waals surface area contributed by atoms with Crippen molar-refractivity contribution in [3.8, 4) is 11.6 Å². The normalized spacial score (nSPS) is 10.5. The van der Waals surface area contributed by atoms with Gasteiger partial charge < -0.3 is 20.4 Å². The van der Waals surface area contributed by atoms with E-state index in [1.807, 2.05) is 24.5 Å². The molecule has 4 rings (SSSR count). The molecule has 0 unspecified atom stereocenters. The molecule has 0 radical (unpaired) electrons. The number of nitrogens with zero attached hydrogens (tertiary/aromatic N) is 2. The Hall–Kier alpha value is -4.11. The topological polar surface area (TPSA) is 109 Å². The predicted molar refractivity (Wildman–Crippen MR) is 130 cm³/mol. The van der Waals surface area contributed by atoms with E-state index in [0.717, 1.165) is 0 Å². The van der Waals surface area contributed by atoms with Crippen LogP contribution in [0.1, 0.15) is 16.1 Å². The highest BCUT2D eigenvalue weighted by Crippen LogP contribution is 2.26. The van der Waals surface area contributed by atoms with E-state index < -0.39 is 0 Å². The number of nitrogens with one attached hydrogen (secondary N) is 3. The molecular weight excluding hydrogens is 438 g/mol. The molecule has 9 heteroatoms. The quantitative estimate of drug-likeness (QED) is 0.253. The van der Waals surface area contributed by atoms with Crippen LogP contribution in [-0.2, 0) is 0 Å². The number of benzene rings is 2. The smallest absolute Gasteiger partial charge is 0.323 e. The van der Waals surface area contributed by atoms with Gasteiger partial charge in [-0.05, 0) is 61.7 Å². The van der Waals surface area contributed by atoms with Gasteiger partial charge in [-0.2, -0.15) is 0 Å². The number of amides is 3. The Kier molecular flexibility index (Phi) is 6.70. The zero-order valence-corrected chi connectivity index (χ0v) is 18.8. The fraction of sp³-hybridized carbons (Fsp3) is 0.0833. The Morgan fingerprint density at radius 2 is 1.45 bits per heavy atom. The summed E-state index contributed by atoms with van der Waals surface area (Å²) in [5, 5.41) is 8.93. The van der Waals surface area contributed by atoms with Gasteiger partial charge in [-0.3, -0.25) is 4.79 Å². The summed E-state index contributed by atoms with van der Waals surface area (Å²) in [6.07, 6.45) is 3.41. The number of hydrogen-bond donors (Lipinski definition) is 3. The molecule has 33 heavy (non-hydrogen) atoms. The van der Waals surface area contributed by atoms with Crippen LogP contribution < -0.4 is 16.0 Å². The van der Waals surface area contributed by atoms with Crippen LogP contribution in [0.2, 0.25) is 0 Å². The third-order valence-electron chi connectivity index (χ3n) is 4.65. The summed E-state index contributed by atoms with van der Waals surface area (Å²) >= 11 is 1.36. The number of carbonyl (C=O) groups excluding carboxylic acids is 2. The maximum Gasteiger partial charge on any atom is 0.323 e. The summed E-state index contributed by atoms with van der Waals surface area (Å²) in [4.78, 5) is 34.0. The molecule has 2 aromatic carbocycles. The minimum atomic E-state index is -0.355. The second-order valence-corrected chi connectivity index (χ2v) is 7.77. The average Bonchev–Trinajstić information content (AvgIpc) is 3.35. The molecule has 3 amide bonds. The van der Waals surface area contributed by atoms with E-state index in [9.17, 15) is 9.59 Å². The van der Waals surface area contributed by atoms with Crippen LogP contribution in [0, 0.1) is 6.92 Å². The summed E-state index contributed by atoms with van der Waals surface area (Å²) in [6, 6.07) is 19.2. The lowest BCUT2D eigenvalue weighted by atomic mass is 10.2. The predicted octanol–water partition coefficient (Wildman–Crippen LogP) is 5.66. The van der Waals surface area contributed by atoms with E-state index in [0.29, 0.717) is 44.9 Å². The van der Waals surface area contributed by atoms with E-state index >= 15 is 0 Å². The highest BCUT2D eigenvalue weighted by molar-refractivity contribution is 7.98. The first kappa shape index (κ1) is 22.1. The highest BCUT2D eigenvalue weighted by atomic mass is 32.2. The maximum absolute atomic E-state index is 13.0. The Labute approximate surface area is 194 Å². The molecule has 2 heterocycles. The minimum absolute atomic E-state index is 0.314. The van der Waals surface area contributed by atoms with Crippen molar-refractivity contribution in [2.75, 3.05) is 22.2 Å². The molecule has 0 saturated heterocycles. The van der Waals surface area contributed by atoms with Gasteiger partial charge in [-0.15, -0.1) is 11.8 Å². The van der Waals surface area contributed by atoms with Gasteiger partial charge in [0, 0.05) is 17.1 Å². The van der Waals surface area contributed by atoms with Crippen LogP contribution in [-0.4, -0.2) is 28.2 Å². The lowest BCUT2D eigenvalue weighted by Gasteiger charge is -2.12. The fourth-order valence-corrected chi connectivity index (χ4v) is 3.74. The molecule has 0 aliphatic heterocycles. The Balaban J connectivity index is 1.44. The van der Waals surface area contributed by atoms with Gasteiger partial charge in [0.05, 0.1) is 17.5 Å². The van der Waals surface area contributed by atoms with Crippen molar-refractivity contribution in [1.82, 2.24) is 9.97 Å². The van der Waals surface area contributed by atoms with Crippen LogP contribution in [0.3, 0.4) is 0 Å². The lowest BCUT2D eigenvalue weighted by molar-refractivity contribution is 0.102. The van der Waals surface area contributed by atoms with Crippen molar-refractivity contribution < 1.29 is 14.0 Å². The molecule has 0 bridgehead atoms. The zero-order chi connectivity index (χ0) is 23.2. The number of aromatic nitrogens is 2. The van der Waals surface area contributed by atoms with Gasteiger partial charge in [-0.25, -0.2) is 14.8 Å². The number of urea groups is 1. The number of rotatable bonds is 6. The molecule has 0 aliphatic rings. The second kappa shape index (κ2) is 10.0. The SMILES string of the molecule is CSc1nc(-c2ccco2)nc(C)c1C(=O)Nc1ccc(NC(=O)Nc2ccccc2)cc1. The molecule has 8 nitrogen and oxygen atoms in total. The number of anilines is 3. The summed E-state index contributed by atoms with van der Waals surface area (Å²) in [5.74, 6) is 0.660. The summed E-state index contributed by atoms with van der Waals surface area (Å²) < 4.78 is 5.37. The molecule has 0 aliphatic carbocycles. The lowest BCUT2D eigenvalue weighted by Crippen LogP contribution is -2.19. The zero-order valence-electron chi connectivity index (χ0n) is 18.0. The Morgan fingerprint density at radius 3 is 2.06 bits per heavy atom. The van der Waals surface area contributed by atoms with Crippen LogP contribution >= 0.6 is 11.8 Å².